The summed E-state index contributed by atoms with van der Waals surface area (Å²) in [6.07, 6.45) is 3.93. The van der Waals surface area contributed by atoms with Crippen molar-refractivity contribution in [2.75, 3.05) is 45.9 Å². The fraction of sp³-hybridized carbons (Fsp3) is 1.00. The largest absolute Gasteiger partial charge is 0.380 e. The summed E-state index contributed by atoms with van der Waals surface area (Å²) in [5, 5.41) is 3.42. The van der Waals surface area contributed by atoms with Gasteiger partial charge in [-0.25, -0.2) is 0 Å². The lowest BCUT2D eigenvalue weighted by Crippen LogP contribution is -2.37. The van der Waals surface area contributed by atoms with Crippen molar-refractivity contribution in [3.05, 3.63) is 0 Å². The molecule has 2 fully saturated rings. The van der Waals surface area contributed by atoms with Crippen molar-refractivity contribution in [2.45, 2.75) is 19.3 Å². The molecule has 0 aliphatic carbocycles. The standard InChI is InChI=1S/C11H22N2O/c1-6-13(7-9-14-8-1)10-11-2-4-12-5-3-11/h11-12H,1-10H2. The topological polar surface area (TPSA) is 24.5 Å². The number of piperidine rings is 1. The van der Waals surface area contributed by atoms with E-state index >= 15 is 0 Å². The third-order valence-corrected chi connectivity index (χ3v) is 3.29. The van der Waals surface area contributed by atoms with Gasteiger partial charge in [-0.3, -0.25) is 0 Å². The summed E-state index contributed by atoms with van der Waals surface area (Å²) in [4.78, 5) is 2.59. The van der Waals surface area contributed by atoms with Gasteiger partial charge in [0.05, 0.1) is 6.61 Å². The number of ether oxygens (including phenoxy) is 1. The van der Waals surface area contributed by atoms with Gasteiger partial charge in [-0.1, -0.05) is 0 Å². The lowest BCUT2D eigenvalue weighted by Gasteiger charge is -2.28. The SMILES string of the molecule is C1COCCN(CC2CCNCC2)C1. The fourth-order valence-corrected chi connectivity index (χ4v) is 2.41. The fourth-order valence-electron chi connectivity index (χ4n) is 2.41. The minimum Gasteiger partial charge on any atom is -0.380 e. The second kappa shape index (κ2) is 5.69. The Kier molecular flexibility index (Phi) is 4.22. The Hall–Kier alpha value is -0.120. The third-order valence-electron chi connectivity index (χ3n) is 3.29. The lowest BCUT2D eigenvalue weighted by molar-refractivity contribution is 0.136. The van der Waals surface area contributed by atoms with E-state index < -0.39 is 0 Å². The molecule has 0 saturated carbocycles. The Bertz CT molecular complexity index is 149. The van der Waals surface area contributed by atoms with E-state index in [-0.39, 0.29) is 0 Å². The van der Waals surface area contributed by atoms with Crippen LogP contribution in [0.5, 0.6) is 0 Å². The second-order valence-electron chi connectivity index (χ2n) is 4.46. The highest BCUT2D eigenvalue weighted by Crippen LogP contribution is 2.14. The van der Waals surface area contributed by atoms with Crippen LogP contribution in [0, 0.1) is 5.92 Å². The van der Waals surface area contributed by atoms with Gasteiger partial charge in [-0.05, 0) is 38.3 Å². The molecule has 82 valence electrons. The summed E-state index contributed by atoms with van der Waals surface area (Å²) in [5.74, 6) is 0.925. The van der Waals surface area contributed by atoms with E-state index in [4.69, 9.17) is 4.74 Å². The van der Waals surface area contributed by atoms with E-state index in [0.717, 1.165) is 25.7 Å². The molecule has 0 aromatic carbocycles. The highest BCUT2D eigenvalue weighted by molar-refractivity contribution is 4.73. The van der Waals surface area contributed by atoms with Crippen LogP contribution >= 0.6 is 0 Å². The van der Waals surface area contributed by atoms with E-state index in [0.29, 0.717) is 0 Å². The van der Waals surface area contributed by atoms with Gasteiger partial charge < -0.3 is 15.0 Å². The summed E-state index contributed by atoms with van der Waals surface area (Å²) in [7, 11) is 0. The maximum atomic E-state index is 5.46. The average molecular weight is 198 g/mol. The van der Waals surface area contributed by atoms with Gasteiger partial charge >= 0.3 is 0 Å². The van der Waals surface area contributed by atoms with E-state index in [1.54, 1.807) is 0 Å². The molecule has 1 N–H and O–H groups in total. The molecule has 14 heavy (non-hydrogen) atoms. The predicted molar refractivity (Wildman–Crippen MR) is 57.5 cm³/mol. The molecule has 0 aromatic heterocycles. The Labute approximate surface area is 86.8 Å². The van der Waals surface area contributed by atoms with Crippen LogP contribution < -0.4 is 5.32 Å². The van der Waals surface area contributed by atoms with Gasteiger partial charge in [-0.2, -0.15) is 0 Å². The molecule has 0 radical (unpaired) electrons. The van der Waals surface area contributed by atoms with Crippen LogP contribution in [0.15, 0.2) is 0 Å². The normalized spacial score (nSPS) is 27.4. The number of hydrogen-bond acceptors (Lipinski definition) is 3. The molecule has 2 saturated heterocycles. The van der Waals surface area contributed by atoms with Crippen molar-refractivity contribution in [3.8, 4) is 0 Å². The Morgan fingerprint density at radius 3 is 2.86 bits per heavy atom. The summed E-state index contributed by atoms with van der Waals surface area (Å²) in [6.45, 7) is 8.01. The Morgan fingerprint density at radius 1 is 1.14 bits per heavy atom. The molecular weight excluding hydrogens is 176 g/mol. The Morgan fingerprint density at radius 2 is 2.00 bits per heavy atom. The summed E-state index contributed by atoms with van der Waals surface area (Å²) in [6, 6.07) is 0. The first-order valence-corrected chi connectivity index (χ1v) is 5.96. The smallest absolute Gasteiger partial charge is 0.0593 e. The van der Waals surface area contributed by atoms with Crippen LogP contribution in [0.3, 0.4) is 0 Å². The molecular formula is C11H22N2O. The minimum atomic E-state index is 0.925. The van der Waals surface area contributed by atoms with E-state index in [1.807, 2.05) is 0 Å². The van der Waals surface area contributed by atoms with Crippen LogP contribution in [0.2, 0.25) is 0 Å². The molecule has 3 heteroatoms. The molecule has 2 heterocycles. The van der Waals surface area contributed by atoms with Gasteiger partial charge in [0.25, 0.3) is 0 Å². The molecule has 0 atom stereocenters. The monoisotopic (exact) mass is 198 g/mol. The highest BCUT2D eigenvalue weighted by atomic mass is 16.5. The second-order valence-corrected chi connectivity index (χ2v) is 4.46. The third kappa shape index (κ3) is 3.23. The van der Waals surface area contributed by atoms with Crippen molar-refractivity contribution >= 4 is 0 Å². The zero-order valence-electron chi connectivity index (χ0n) is 9.00. The van der Waals surface area contributed by atoms with Gasteiger partial charge in [0.2, 0.25) is 0 Å². The number of nitrogens with zero attached hydrogens (tertiary/aromatic N) is 1. The zero-order chi connectivity index (χ0) is 9.64. The lowest BCUT2D eigenvalue weighted by atomic mass is 9.97. The van der Waals surface area contributed by atoms with Crippen molar-refractivity contribution < 1.29 is 4.74 Å². The number of rotatable bonds is 2. The van der Waals surface area contributed by atoms with Gasteiger partial charge in [-0.15, -0.1) is 0 Å². The highest BCUT2D eigenvalue weighted by Gasteiger charge is 2.17. The van der Waals surface area contributed by atoms with E-state index in [2.05, 4.69) is 10.2 Å². The van der Waals surface area contributed by atoms with Crippen LogP contribution in [0.4, 0.5) is 0 Å². The van der Waals surface area contributed by atoms with Crippen molar-refractivity contribution in [1.29, 1.82) is 0 Å². The van der Waals surface area contributed by atoms with Crippen LogP contribution in [0.1, 0.15) is 19.3 Å². The molecule has 3 nitrogen and oxygen atoms in total. The van der Waals surface area contributed by atoms with E-state index in [1.165, 1.54) is 45.4 Å². The predicted octanol–water partition coefficient (Wildman–Crippen LogP) is 0.708. The first kappa shape index (κ1) is 10.4. The number of hydrogen-bond donors (Lipinski definition) is 1. The molecule has 0 bridgehead atoms. The summed E-state index contributed by atoms with van der Waals surface area (Å²) >= 11 is 0. The van der Waals surface area contributed by atoms with Crippen molar-refractivity contribution in [3.63, 3.8) is 0 Å². The van der Waals surface area contributed by atoms with Crippen LogP contribution in [-0.4, -0.2) is 50.8 Å². The van der Waals surface area contributed by atoms with Gasteiger partial charge in [0.1, 0.15) is 0 Å². The van der Waals surface area contributed by atoms with E-state index in [9.17, 15) is 0 Å². The first-order chi connectivity index (χ1) is 6.95. The maximum Gasteiger partial charge on any atom is 0.0593 e. The van der Waals surface area contributed by atoms with Crippen LogP contribution in [0.25, 0.3) is 0 Å². The molecule has 2 aliphatic heterocycles. The van der Waals surface area contributed by atoms with Gasteiger partial charge in [0.15, 0.2) is 0 Å². The zero-order valence-corrected chi connectivity index (χ0v) is 9.00. The molecule has 0 spiro atoms. The summed E-state index contributed by atoms with van der Waals surface area (Å²) < 4.78 is 5.46. The first-order valence-electron chi connectivity index (χ1n) is 5.96. The van der Waals surface area contributed by atoms with Crippen LogP contribution in [-0.2, 0) is 4.74 Å². The van der Waals surface area contributed by atoms with Crippen molar-refractivity contribution in [2.24, 2.45) is 5.92 Å². The molecule has 2 aliphatic rings. The Balaban J connectivity index is 1.71. The summed E-state index contributed by atoms with van der Waals surface area (Å²) in [5.41, 5.74) is 0. The average Bonchev–Trinajstić information content (AvgIpc) is 2.48. The molecule has 0 unspecified atom stereocenters. The molecule has 0 aromatic rings. The molecule has 0 amide bonds. The quantitative estimate of drug-likeness (QED) is 0.707. The minimum absolute atomic E-state index is 0.925. The number of nitrogens with one attached hydrogen (secondary N) is 1. The molecule has 2 rings (SSSR count). The van der Waals surface area contributed by atoms with Crippen molar-refractivity contribution in [1.82, 2.24) is 10.2 Å². The van der Waals surface area contributed by atoms with Gasteiger partial charge in [0, 0.05) is 26.2 Å². The maximum absolute atomic E-state index is 5.46.